The molecule has 0 aliphatic carbocycles. The fourth-order valence-electron chi connectivity index (χ4n) is 2.28. The Kier molecular flexibility index (Phi) is 4.82. The molecule has 5 nitrogen and oxygen atoms in total. The third-order valence-electron chi connectivity index (χ3n) is 3.37. The number of benzene rings is 2. The van der Waals surface area contributed by atoms with Gasteiger partial charge in [-0.15, -0.1) is 0 Å². The third-order valence-corrected chi connectivity index (χ3v) is 3.62. The number of halogens is 1. The van der Waals surface area contributed by atoms with Crippen molar-refractivity contribution in [2.75, 3.05) is 13.2 Å². The number of fused-ring (bicyclic) bond motifs is 1. The fourth-order valence-corrected chi connectivity index (χ4v) is 2.40. The predicted octanol–water partition coefficient (Wildman–Crippen LogP) is 3.42. The van der Waals surface area contributed by atoms with Gasteiger partial charge in [-0.25, -0.2) is 4.79 Å². The molecule has 0 saturated heterocycles. The number of hydrogen-bond donors (Lipinski definition) is 1. The quantitative estimate of drug-likeness (QED) is 0.569. The first-order valence-corrected chi connectivity index (χ1v) is 7.69. The average molecular weight is 344 g/mol. The van der Waals surface area contributed by atoms with Crippen molar-refractivity contribution in [2.24, 2.45) is 0 Å². The summed E-state index contributed by atoms with van der Waals surface area (Å²) in [5.74, 6) is 0.0778. The maximum atomic E-state index is 12.2. The largest absolute Gasteiger partial charge is 0.490 e. The van der Waals surface area contributed by atoms with Crippen LogP contribution in [-0.4, -0.2) is 24.2 Å². The lowest BCUT2D eigenvalue weighted by molar-refractivity contribution is 0.0452. The fraction of sp³-hybridized carbons (Fsp3) is 0.111. The minimum atomic E-state index is -0.558. The zero-order valence-electron chi connectivity index (χ0n) is 12.6. The lowest BCUT2D eigenvalue weighted by atomic mass is 10.1. The van der Waals surface area contributed by atoms with Crippen LogP contribution in [0.2, 0.25) is 5.02 Å². The maximum absolute atomic E-state index is 12.2. The Morgan fingerprint density at radius 1 is 1.04 bits per heavy atom. The molecule has 6 heteroatoms. The summed E-state index contributed by atoms with van der Waals surface area (Å²) >= 11 is 5.79. The lowest BCUT2D eigenvalue weighted by Crippen LogP contribution is -2.16. The van der Waals surface area contributed by atoms with Gasteiger partial charge in [0.15, 0.2) is 0 Å². The van der Waals surface area contributed by atoms with Gasteiger partial charge in [-0.2, -0.15) is 0 Å². The second kappa shape index (κ2) is 7.19. The Morgan fingerprint density at radius 3 is 2.58 bits per heavy atom. The SMILES string of the molecule is O=C(OCCOc1ccc(Cl)cc1)c1cc(=O)[nH]c2ccccc12. The van der Waals surface area contributed by atoms with Gasteiger partial charge >= 0.3 is 5.97 Å². The Hall–Kier alpha value is -2.79. The number of rotatable bonds is 5. The molecule has 0 bridgehead atoms. The van der Waals surface area contributed by atoms with Crippen molar-refractivity contribution in [3.05, 3.63) is 75.5 Å². The van der Waals surface area contributed by atoms with E-state index in [4.69, 9.17) is 21.1 Å². The third kappa shape index (κ3) is 3.75. The summed E-state index contributed by atoms with van der Waals surface area (Å²) in [4.78, 5) is 26.6. The molecule has 0 aliphatic rings. The maximum Gasteiger partial charge on any atom is 0.339 e. The van der Waals surface area contributed by atoms with E-state index in [0.29, 0.717) is 21.7 Å². The van der Waals surface area contributed by atoms with E-state index in [1.807, 2.05) is 0 Å². The Morgan fingerprint density at radius 2 is 1.79 bits per heavy atom. The first kappa shape index (κ1) is 16.1. The monoisotopic (exact) mass is 343 g/mol. The first-order chi connectivity index (χ1) is 11.6. The molecule has 3 aromatic rings. The molecule has 0 atom stereocenters. The van der Waals surface area contributed by atoms with E-state index in [1.165, 1.54) is 6.07 Å². The number of pyridine rings is 1. The molecule has 0 amide bonds. The van der Waals surface area contributed by atoms with Gasteiger partial charge in [-0.3, -0.25) is 4.79 Å². The smallest absolute Gasteiger partial charge is 0.339 e. The van der Waals surface area contributed by atoms with E-state index >= 15 is 0 Å². The van der Waals surface area contributed by atoms with E-state index in [2.05, 4.69) is 4.98 Å². The molecule has 3 rings (SSSR count). The highest BCUT2D eigenvalue weighted by Crippen LogP contribution is 2.16. The summed E-state index contributed by atoms with van der Waals surface area (Å²) in [6.07, 6.45) is 0. The van der Waals surface area contributed by atoms with Gasteiger partial charge in [0.1, 0.15) is 19.0 Å². The normalized spacial score (nSPS) is 10.5. The molecule has 1 heterocycles. The van der Waals surface area contributed by atoms with Gasteiger partial charge in [0.2, 0.25) is 5.56 Å². The van der Waals surface area contributed by atoms with Crippen molar-refractivity contribution < 1.29 is 14.3 Å². The molecule has 0 radical (unpaired) electrons. The average Bonchev–Trinajstić information content (AvgIpc) is 2.59. The summed E-state index contributed by atoms with van der Waals surface area (Å²) < 4.78 is 10.6. The van der Waals surface area contributed by atoms with E-state index in [9.17, 15) is 9.59 Å². The van der Waals surface area contributed by atoms with Gasteiger partial charge in [0.05, 0.1) is 5.56 Å². The van der Waals surface area contributed by atoms with Crippen molar-refractivity contribution in [1.29, 1.82) is 0 Å². The van der Waals surface area contributed by atoms with Crippen LogP contribution in [0.1, 0.15) is 10.4 Å². The highest BCUT2D eigenvalue weighted by Gasteiger charge is 2.12. The number of carbonyl (C=O) groups excluding carboxylic acids is 1. The Labute approximate surface area is 142 Å². The molecule has 24 heavy (non-hydrogen) atoms. The van der Waals surface area contributed by atoms with E-state index < -0.39 is 5.97 Å². The summed E-state index contributed by atoms with van der Waals surface area (Å²) in [7, 11) is 0. The number of hydrogen-bond acceptors (Lipinski definition) is 4. The van der Waals surface area contributed by atoms with Crippen LogP contribution in [0.5, 0.6) is 5.75 Å². The molecule has 1 aromatic heterocycles. The molecular weight excluding hydrogens is 330 g/mol. The summed E-state index contributed by atoms with van der Waals surface area (Å²) in [5.41, 5.74) is 0.480. The van der Waals surface area contributed by atoms with Crippen LogP contribution < -0.4 is 10.3 Å². The van der Waals surface area contributed by atoms with Crippen LogP contribution in [0.4, 0.5) is 0 Å². The Balaban J connectivity index is 1.63. The summed E-state index contributed by atoms with van der Waals surface area (Å²) in [6.45, 7) is 0.275. The van der Waals surface area contributed by atoms with Gasteiger partial charge < -0.3 is 14.5 Å². The zero-order valence-corrected chi connectivity index (χ0v) is 13.4. The van der Waals surface area contributed by atoms with Crippen LogP contribution in [0.25, 0.3) is 10.9 Å². The van der Waals surface area contributed by atoms with Crippen LogP contribution in [-0.2, 0) is 4.74 Å². The lowest BCUT2D eigenvalue weighted by Gasteiger charge is -2.09. The number of aromatic amines is 1. The zero-order chi connectivity index (χ0) is 16.9. The molecule has 0 spiro atoms. The molecule has 122 valence electrons. The number of para-hydroxylation sites is 1. The highest BCUT2D eigenvalue weighted by atomic mass is 35.5. The number of nitrogens with one attached hydrogen (secondary N) is 1. The standard InChI is InChI=1S/C18H14ClNO4/c19-12-5-7-13(8-6-12)23-9-10-24-18(22)15-11-17(21)20-16-4-2-1-3-14(15)16/h1-8,11H,9-10H2,(H,20,21). The van der Waals surface area contributed by atoms with E-state index in [0.717, 1.165) is 0 Å². The van der Waals surface area contributed by atoms with Gasteiger partial charge in [-0.1, -0.05) is 29.8 Å². The van der Waals surface area contributed by atoms with Crippen LogP contribution in [0, 0.1) is 0 Å². The number of esters is 1. The minimum absolute atomic E-state index is 0.0720. The van der Waals surface area contributed by atoms with Crippen LogP contribution in [0.3, 0.4) is 0 Å². The number of ether oxygens (including phenoxy) is 2. The van der Waals surface area contributed by atoms with Gasteiger partial charge in [0, 0.05) is 22.0 Å². The van der Waals surface area contributed by atoms with Crippen molar-refractivity contribution >= 4 is 28.5 Å². The summed E-state index contributed by atoms with van der Waals surface area (Å²) in [6, 6.07) is 15.2. The molecule has 2 aromatic carbocycles. The minimum Gasteiger partial charge on any atom is -0.490 e. The van der Waals surface area contributed by atoms with Crippen molar-refractivity contribution in [3.63, 3.8) is 0 Å². The molecule has 0 fully saturated rings. The first-order valence-electron chi connectivity index (χ1n) is 7.31. The van der Waals surface area contributed by atoms with Crippen molar-refractivity contribution in [2.45, 2.75) is 0 Å². The van der Waals surface area contributed by atoms with E-state index in [1.54, 1.807) is 48.5 Å². The second-order valence-electron chi connectivity index (χ2n) is 5.03. The van der Waals surface area contributed by atoms with Crippen LogP contribution >= 0.6 is 11.6 Å². The van der Waals surface area contributed by atoms with E-state index in [-0.39, 0.29) is 24.3 Å². The van der Waals surface area contributed by atoms with Gasteiger partial charge in [0.25, 0.3) is 0 Å². The van der Waals surface area contributed by atoms with Crippen molar-refractivity contribution in [1.82, 2.24) is 4.98 Å². The molecule has 0 unspecified atom stereocenters. The molecule has 0 saturated carbocycles. The molecule has 0 aliphatic heterocycles. The number of H-pyrrole nitrogens is 1. The molecule has 1 N–H and O–H groups in total. The summed E-state index contributed by atoms with van der Waals surface area (Å²) in [5, 5.41) is 1.26. The molecular formula is C18H14ClNO4. The highest BCUT2D eigenvalue weighted by molar-refractivity contribution is 6.30. The van der Waals surface area contributed by atoms with Crippen LogP contribution in [0.15, 0.2) is 59.4 Å². The number of aromatic nitrogens is 1. The number of carbonyl (C=O) groups is 1. The second-order valence-corrected chi connectivity index (χ2v) is 5.47. The van der Waals surface area contributed by atoms with Crippen molar-refractivity contribution in [3.8, 4) is 5.75 Å². The predicted molar refractivity (Wildman–Crippen MR) is 91.8 cm³/mol. The topological polar surface area (TPSA) is 68.4 Å². The Bertz CT molecular complexity index is 918. The van der Waals surface area contributed by atoms with Gasteiger partial charge in [-0.05, 0) is 30.3 Å².